The molecule has 66 valence electrons. The van der Waals surface area contributed by atoms with E-state index < -0.39 is 0 Å². The molecular formula is C9H10N4. The summed E-state index contributed by atoms with van der Waals surface area (Å²) in [6, 6.07) is 3.93. The zero-order chi connectivity index (χ0) is 9.10. The van der Waals surface area contributed by atoms with Crippen LogP contribution in [0.3, 0.4) is 0 Å². The predicted molar refractivity (Wildman–Crippen MR) is 48.1 cm³/mol. The van der Waals surface area contributed by atoms with Gasteiger partial charge in [0.15, 0.2) is 0 Å². The lowest BCUT2D eigenvalue weighted by Gasteiger charge is -1.98. The van der Waals surface area contributed by atoms with Crippen molar-refractivity contribution in [1.82, 2.24) is 20.0 Å². The van der Waals surface area contributed by atoms with Crippen molar-refractivity contribution in [2.24, 2.45) is 0 Å². The van der Waals surface area contributed by atoms with Gasteiger partial charge < -0.3 is 0 Å². The van der Waals surface area contributed by atoms with E-state index in [2.05, 4.69) is 15.3 Å². The fraction of sp³-hybridized carbons (Fsp3) is 0.222. The Balaban J connectivity index is 2.15. The van der Waals surface area contributed by atoms with Gasteiger partial charge in [-0.15, -0.1) is 5.10 Å². The molecule has 0 saturated heterocycles. The van der Waals surface area contributed by atoms with Crippen LogP contribution >= 0.6 is 0 Å². The van der Waals surface area contributed by atoms with Crippen molar-refractivity contribution in [2.75, 3.05) is 0 Å². The van der Waals surface area contributed by atoms with Gasteiger partial charge in [0.1, 0.15) is 0 Å². The van der Waals surface area contributed by atoms with Crippen LogP contribution in [-0.2, 0) is 6.54 Å². The summed E-state index contributed by atoms with van der Waals surface area (Å²) in [6.45, 7) is 2.65. The lowest BCUT2D eigenvalue weighted by Crippen LogP contribution is -2.00. The fourth-order valence-corrected chi connectivity index (χ4v) is 1.15. The number of aryl methyl sites for hydroxylation is 1. The van der Waals surface area contributed by atoms with Gasteiger partial charge in [-0.1, -0.05) is 11.3 Å². The summed E-state index contributed by atoms with van der Waals surface area (Å²) in [5, 5.41) is 7.86. The second-order valence-electron chi connectivity index (χ2n) is 2.92. The van der Waals surface area contributed by atoms with Crippen LogP contribution < -0.4 is 0 Å². The molecule has 0 aliphatic heterocycles. The van der Waals surface area contributed by atoms with Crippen LogP contribution in [0.4, 0.5) is 0 Å². The number of aromatic nitrogens is 4. The number of hydrogen-bond donors (Lipinski definition) is 0. The highest BCUT2D eigenvalue weighted by Gasteiger charge is 1.96. The maximum absolute atomic E-state index is 4.03. The lowest BCUT2D eigenvalue weighted by atomic mass is 10.3. The highest BCUT2D eigenvalue weighted by molar-refractivity contribution is 5.08. The Bertz CT molecular complexity index is 380. The predicted octanol–water partition coefficient (Wildman–Crippen LogP) is 1.03. The SMILES string of the molecule is Cc1cn(Cc2cccnc2)nn1. The van der Waals surface area contributed by atoms with Crippen molar-refractivity contribution < 1.29 is 0 Å². The summed E-state index contributed by atoms with van der Waals surface area (Å²) < 4.78 is 1.80. The Labute approximate surface area is 76.2 Å². The third kappa shape index (κ3) is 1.90. The van der Waals surface area contributed by atoms with E-state index in [1.807, 2.05) is 31.5 Å². The molecule has 0 fully saturated rings. The molecule has 0 bridgehead atoms. The van der Waals surface area contributed by atoms with Crippen molar-refractivity contribution in [3.63, 3.8) is 0 Å². The Hall–Kier alpha value is -1.71. The molecule has 4 nitrogen and oxygen atoms in total. The van der Waals surface area contributed by atoms with Crippen molar-refractivity contribution in [3.05, 3.63) is 42.0 Å². The minimum atomic E-state index is 0.731. The van der Waals surface area contributed by atoms with Gasteiger partial charge in [-0.3, -0.25) is 4.98 Å². The monoisotopic (exact) mass is 174 g/mol. The van der Waals surface area contributed by atoms with Crippen molar-refractivity contribution >= 4 is 0 Å². The van der Waals surface area contributed by atoms with E-state index in [0.717, 1.165) is 17.8 Å². The van der Waals surface area contributed by atoms with E-state index in [-0.39, 0.29) is 0 Å². The average molecular weight is 174 g/mol. The Morgan fingerprint density at radius 2 is 2.38 bits per heavy atom. The van der Waals surface area contributed by atoms with Gasteiger partial charge in [0.2, 0.25) is 0 Å². The van der Waals surface area contributed by atoms with Crippen LogP contribution in [0.25, 0.3) is 0 Å². The molecule has 0 radical (unpaired) electrons. The summed E-state index contributed by atoms with van der Waals surface area (Å²) in [5.41, 5.74) is 2.07. The van der Waals surface area contributed by atoms with E-state index >= 15 is 0 Å². The van der Waals surface area contributed by atoms with Gasteiger partial charge in [0.25, 0.3) is 0 Å². The van der Waals surface area contributed by atoms with Crippen molar-refractivity contribution in [2.45, 2.75) is 13.5 Å². The Kier molecular flexibility index (Phi) is 2.04. The smallest absolute Gasteiger partial charge is 0.0796 e. The van der Waals surface area contributed by atoms with Crippen LogP contribution in [0, 0.1) is 6.92 Å². The molecule has 0 atom stereocenters. The molecule has 2 rings (SSSR count). The van der Waals surface area contributed by atoms with Gasteiger partial charge in [-0.25, -0.2) is 4.68 Å². The first-order chi connectivity index (χ1) is 6.34. The molecule has 0 spiro atoms. The molecule has 2 aromatic rings. The molecule has 0 aromatic carbocycles. The molecule has 4 heteroatoms. The summed E-state index contributed by atoms with van der Waals surface area (Å²) in [7, 11) is 0. The molecule has 13 heavy (non-hydrogen) atoms. The summed E-state index contributed by atoms with van der Waals surface area (Å²) >= 11 is 0. The van der Waals surface area contributed by atoms with Gasteiger partial charge >= 0.3 is 0 Å². The molecular weight excluding hydrogens is 164 g/mol. The minimum absolute atomic E-state index is 0.731. The molecule has 0 aliphatic carbocycles. The molecule has 0 unspecified atom stereocenters. The van der Waals surface area contributed by atoms with E-state index in [4.69, 9.17) is 0 Å². The van der Waals surface area contributed by atoms with Crippen LogP contribution in [0.2, 0.25) is 0 Å². The third-order valence-corrected chi connectivity index (χ3v) is 1.72. The lowest BCUT2D eigenvalue weighted by molar-refractivity contribution is 0.648. The number of nitrogens with zero attached hydrogens (tertiary/aromatic N) is 4. The van der Waals surface area contributed by atoms with E-state index in [1.165, 1.54) is 0 Å². The summed E-state index contributed by atoms with van der Waals surface area (Å²) in [6.07, 6.45) is 5.50. The maximum atomic E-state index is 4.03. The van der Waals surface area contributed by atoms with E-state index in [9.17, 15) is 0 Å². The average Bonchev–Trinajstić information content (AvgIpc) is 2.53. The largest absolute Gasteiger partial charge is 0.264 e. The maximum Gasteiger partial charge on any atom is 0.0796 e. The fourth-order valence-electron chi connectivity index (χ4n) is 1.15. The first kappa shape index (κ1) is 7.91. The quantitative estimate of drug-likeness (QED) is 0.683. The molecule has 0 amide bonds. The first-order valence-corrected chi connectivity index (χ1v) is 4.10. The topological polar surface area (TPSA) is 43.6 Å². The minimum Gasteiger partial charge on any atom is -0.264 e. The highest BCUT2D eigenvalue weighted by atomic mass is 15.4. The van der Waals surface area contributed by atoms with Gasteiger partial charge in [0, 0.05) is 18.6 Å². The number of hydrogen-bond acceptors (Lipinski definition) is 3. The molecule has 0 saturated carbocycles. The summed E-state index contributed by atoms with van der Waals surface area (Å²) in [4.78, 5) is 4.03. The number of pyridine rings is 1. The zero-order valence-electron chi connectivity index (χ0n) is 7.38. The normalized spacial score (nSPS) is 10.2. The molecule has 2 aromatic heterocycles. The molecule has 2 heterocycles. The van der Waals surface area contributed by atoms with Crippen molar-refractivity contribution in [3.8, 4) is 0 Å². The third-order valence-electron chi connectivity index (χ3n) is 1.72. The standard InChI is InChI=1S/C9H10N4/c1-8-6-13(12-11-8)7-9-3-2-4-10-5-9/h2-6H,7H2,1H3. The van der Waals surface area contributed by atoms with Crippen LogP contribution in [0.5, 0.6) is 0 Å². The first-order valence-electron chi connectivity index (χ1n) is 4.10. The van der Waals surface area contributed by atoms with Gasteiger partial charge in [0.05, 0.1) is 12.2 Å². The zero-order valence-corrected chi connectivity index (χ0v) is 7.38. The van der Waals surface area contributed by atoms with Gasteiger partial charge in [-0.2, -0.15) is 0 Å². The van der Waals surface area contributed by atoms with Crippen molar-refractivity contribution in [1.29, 1.82) is 0 Å². The number of rotatable bonds is 2. The van der Waals surface area contributed by atoms with Crippen LogP contribution in [0.1, 0.15) is 11.3 Å². The Morgan fingerprint density at radius 3 is 3.00 bits per heavy atom. The van der Waals surface area contributed by atoms with Gasteiger partial charge in [-0.05, 0) is 18.6 Å². The summed E-state index contributed by atoms with van der Waals surface area (Å²) in [5.74, 6) is 0. The second kappa shape index (κ2) is 3.35. The van der Waals surface area contributed by atoms with Crippen LogP contribution in [0.15, 0.2) is 30.7 Å². The van der Waals surface area contributed by atoms with E-state index in [1.54, 1.807) is 10.9 Å². The Morgan fingerprint density at radius 1 is 1.46 bits per heavy atom. The van der Waals surface area contributed by atoms with Crippen LogP contribution in [-0.4, -0.2) is 20.0 Å². The highest BCUT2D eigenvalue weighted by Crippen LogP contribution is 1.99. The molecule has 0 N–H and O–H groups in total. The van der Waals surface area contributed by atoms with E-state index in [0.29, 0.717) is 0 Å². The second-order valence-corrected chi connectivity index (χ2v) is 2.92. The molecule has 0 aliphatic rings.